The van der Waals surface area contributed by atoms with Crippen molar-refractivity contribution in [3.63, 3.8) is 0 Å². The number of fused-ring (bicyclic) bond motifs is 2. The van der Waals surface area contributed by atoms with Gasteiger partial charge in [0, 0.05) is 45.4 Å². The van der Waals surface area contributed by atoms with Crippen LogP contribution < -0.4 is 10.8 Å². The van der Waals surface area contributed by atoms with Crippen molar-refractivity contribution >= 4 is 29.3 Å². The Morgan fingerprint density at radius 2 is 1.78 bits per heavy atom. The highest BCUT2D eigenvalue weighted by molar-refractivity contribution is 6.61. The zero-order valence-electron chi connectivity index (χ0n) is 18.2. The van der Waals surface area contributed by atoms with E-state index in [1.54, 1.807) is 6.07 Å². The van der Waals surface area contributed by atoms with Gasteiger partial charge in [-0.15, -0.1) is 0 Å². The van der Waals surface area contributed by atoms with Crippen LogP contribution in [-0.2, 0) is 19.4 Å². The quantitative estimate of drug-likeness (QED) is 0.290. The number of aromatic nitrogens is 3. The summed E-state index contributed by atoms with van der Waals surface area (Å²) in [4.78, 5) is 13.3. The zero-order valence-corrected chi connectivity index (χ0v) is 18.2. The van der Waals surface area contributed by atoms with Crippen molar-refractivity contribution in [3.8, 4) is 11.4 Å². The van der Waals surface area contributed by atoms with E-state index >= 15 is 0 Å². The lowest BCUT2D eigenvalue weighted by Crippen LogP contribution is -2.30. The summed E-state index contributed by atoms with van der Waals surface area (Å²) in [5.74, 6) is 1.58. The molecule has 1 aliphatic rings. The average Bonchev–Trinajstić information content (AvgIpc) is 2.96. The van der Waals surface area contributed by atoms with Gasteiger partial charge >= 0.3 is 7.12 Å². The maximum atomic E-state index is 9.80. The molecule has 0 radical (unpaired) electrons. The molecule has 0 saturated heterocycles. The van der Waals surface area contributed by atoms with E-state index in [-0.39, 0.29) is 0 Å². The molecule has 162 valence electrons. The third-order valence-electron chi connectivity index (χ3n) is 6.29. The van der Waals surface area contributed by atoms with E-state index in [0.29, 0.717) is 23.3 Å². The van der Waals surface area contributed by atoms with Crippen LogP contribution in [0.3, 0.4) is 0 Å². The third-order valence-corrected chi connectivity index (χ3v) is 6.29. The van der Waals surface area contributed by atoms with Crippen LogP contribution in [0.15, 0.2) is 48.5 Å². The Bertz CT molecular complexity index is 1250. The molecule has 0 spiro atoms. The van der Waals surface area contributed by atoms with E-state index < -0.39 is 7.12 Å². The molecule has 5 rings (SSSR count). The first-order valence-corrected chi connectivity index (χ1v) is 11.3. The van der Waals surface area contributed by atoms with Gasteiger partial charge in [-0.3, -0.25) is 0 Å². The third kappa shape index (κ3) is 3.90. The molecule has 2 aromatic carbocycles. The molecule has 0 atom stereocenters. The normalized spacial score (nSPS) is 13.6. The van der Waals surface area contributed by atoms with Crippen LogP contribution in [-0.4, -0.2) is 32.1 Å². The fourth-order valence-corrected chi connectivity index (χ4v) is 4.68. The Kier molecular flexibility index (Phi) is 5.68. The van der Waals surface area contributed by atoms with Crippen molar-refractivity contribution in [3.05, 3.63) is 71.0 Å². The minimum atomic E-state index is -1.54. The van der Waals surface area contributed by atoms with Crippen molar-refractivity contribution < 1.29 is 10.0 Å². The Morgan fingerprint density at radius 3 is 2.59 bits per heavy atom. The highest BCUT2D eigenvalue weighted by Crippen LogP contribution is 2.33. The number of hydrogen-bond donors (Lipinski definition) is 4. The lowest BCUT2D eigenvalue weighted by Gasteiger charge is -2.15. The van der Waals surface area contributed by atoms with E-state index in [2.05, 4.69) is 22.4 Å². The standard InChI is InChI=1S/C25H27BN4O2/c1-16-22(19-12-8-13-20(26(31)32)23(19)28-16)25-29-21-14-7-3-6-11-18(21)24(30-25)27-15-17-9-4-2-5-10-17/h2,4-5,8-10,12-13,28,31-32H,3,6-7,11,14-15H2,1H3,(H,27,29,30). The largest absolute Gasteiger partial charge is 0.490 e. The van der Waals surface area contributed by atoms with Gasteiger partial charge in [0.2, 0.25) is 0 Å². The van der Waals surface area contributed by atoms with Crippen LogP contribution >= 0.6 is 0 Å². The summed E-state index contributed by atoms with van der Waals surface area (Å²) in [6.07, 6.45) is 5.43. The number of aryl methyl sites for hydroxylation is 2. The highest BCUT2D eigenvalue weighted by atomic mass is 16.4. The molecule has 0 amide bonds. The van der Waals surface area contributed by atoms with Crippen LogP contribution in [0.2, 0.25) is 0 Å². The van der Waals surface area contributed by atoms with Crippen molar-refractivity contribution in [1.29, 1.82) is 0 Å². The first kappa shape index (κ1) is 20.7. The number of nitrogens with one attached hydrogen (secondary N) is 2. The molecule has 0 fully saturated rings. The smallest absolute Gasteiger partial charge is 0.423 e. The second kappa shape index (κ2) is 8.77. The van der Waals surface area contributed by atoms with Crippen molar-refractivity contribution in [2.45, 2.75) is 45.6 Å². The summed E-state index contributed by atoms with van der Waals surface area (Å²) in [5, 5.41) is 24.1. The van der Waals surface area contributed by atoms with E-state index in [1.165, 1.54) is 17.5 Å². The molecule has 0 unspecified atom stereocenters. The van der Waals surface area contributed by atoms with E-state index in [4.69, 9.17) is 9.97 Å². The van der Waals surface area contributed by atoms with Gasteiger partial charge in [0.1, 0.15) is 5.82 Å². The molecular weight excluding hydrogens is 399 g/mol. The van der Waals surface area contributed by atoms with Gasteiger partial charge in [-0.2, -0.15) is 0 Å². The predicted molar refractivity (Wildman–Crippen MR) is 129 cm³/mol. The first-order valence-electron chi connectivity index (χ1n) is 11.3. The zero-order chi connectivity index (χ0) is 22.1. The lowest BCUT2D eigenvalue weighted by molar-refractivity contribution is 0.426. The van der Waals surface area contributed by atoms with Crippen molar-refractivity contribution in [2.75, 3.05) is 5.32 Å². The number of anilines is 1. The van der Waals surface area contributed by atoms with Gasteiger partial charge in [-0.05, 0) is 38.2 Å². The fourth-order valence-electron chi connectivity index (χ4n) is 4.68. The number of para-hydroxylation sites is 1. The summed E-state index contributed by atoms with van der Waals surface area (Å²) < 4.78 is 0. The first-order chi connectivity index (χ1) is 15.6. The molecule has 7 heteroatoms. The topological polar surface area (TPSA) is 94.1 Å². The van der Waals surface area contributed by atoms with E-state index in [1.807, 2.05) is 37.3 Å². The molecule has 2 heterocycles. The number of aromatic amines is 1. The van der Waals surface area contributed by atoms with Crippen molar-refractivity contribution in [2.24, 2.45) is 0 Å². The molecule has 6 nitrogen and oxygen atoms in total. The molecular formula is C25H27BN4O2. The second-order valence-corrected chi connectivity index (χ2v) is 8.49. The average molecular weight is 426 g/mol. The molecule has 32 heavy (non-hydrogen) atoms. The van der Waals surface area contributed by atoms with Crippen LogP contribution in [0.4, 0.5) is 5.82 Å². The molecule has 4 aromatic rings. The molecule has 2 aromatic heterocycles. The van der Waals surface area contributed by atoms with Gasteiger partial charge in [0.25, 0.3) is 0 Å². The Morgan fingerprint density at radius 1 is 0.969 bits per heavy atom. The van der Waals surface area contributed by atoms with Gasteiger partial charge in [0.05, 0.1) is 0 Å². The molecule has 0 bridgehead atoms. The summed E-state index contributed by atoms with van der Waals surface area (Å²) in [7, 11) is -1.54. The number of H-pyrrole nitrogens is 1. The minimum Gasteiger partial charge on any atom is -0.423 e. The fraction of sp³-hybridized carbons (Fsp3) is 0.280. The molecule has 0 saturated carbocycles. The minimum absolute atomic E-state index is 0.453. The highest BCUT2D eigenvalue weighted by Gasteiger charge is 2.23. The number of nitrogens with zero attached hydrogens (tertiary/aromatic N) is 2. The van der Waals surface area contributed by atoms with Crippen LogP contribution in [0.5, 0.6) is 0 Å². The van der Waals surface area contributed by atoms with Gasteiger partial charge in [-0.25, -0.2) is 9.97 Å². The van der Waals surface area contributed by atoms with Crippen LogP contribution in [0.1, 0.15) is 41.8 Å². The number of benzene rings is 2. The van der Waals surface area contributed by atoms with Gasteiger partial charge in [-0.1, -0.05) is 55.0 Å². The van der Waals surface area contributed by atoms with E-state index in [0.717, 1.165) is 53.8 Å². The Hall–Kier alpha value is -3.16. The maximum Gasteiger partial charge on any atom is 0.490 e. The summed E-state index contributed by atoms with van der Waals surface area (Å²) in [6.45, 7) is 2.69. The Balaban J connectivity index is 1.63. The van der Waals surface area contributed by atoms with Crippen LogP contribution in [0.25, 0.3) is 22.3 Å². The van der Waals surface area contributed by atoms with Gasteiger partial charge in [0.15, 0.2) is 5.82 Å². The van der Waals surface area contributed by atoms with E-state index in [9.17, 15) is 10.0 Å². The Labute approximate surface area is 187 Å². The van der Waals surface area contributed by atoms with Crippen LogP contribution in [0, 0.1) is 6.92 Å². The predicted octanol–water partition coefficient (Wildman–Crippen LogP) is 3.49. The number of hydrogen-bond acceptors (Lipinski definition) is 5. The second-order valence-electron chi connectivity index (χ2n) is 8.49. The van der Waals surface area contributed by atoms with Crippen molar-refractivity contribution in [1.82, 2.24) is 15.0 Å². The SMILES string of the molecule is Cc1[nH]c2c(B(O)O)cccc2c1-c1nc2c(c(NCc3ccccc3)n1)CCCCC2. The number of rotatable bonds is 5. The summed E-state index contributed by atoms with van der Waals surface area (Å²) in [5.41, 5.74) is 6.55. The molecule has 1 aliphatic carbocycles. The van der Waals surface area contributed by atoms with Gasteiger partial charge < -0.3 is 20.3 Å². The summed E-state index contributed by atoms with van der Waals surface area (Å²) >= 11 is 0. The molecule has 4 N–H and O–H groups in total. The monoisotopic (exact) mass is 426 g/mol. The maximum absolute atomic E-state index is 9.80. The summed E-state index contributed by atoms with van der Waals surface area (Å²) in [6, 6.07) is 15.9. The molecule has 0 aliphatic heterocycles. The lowest BCUT2D eigenvalue weighted by atomic mass is 9.79.